The van der Waals surface area contributed by atoms with Gasteiger partial charge in [0.05, 0.1) is 21.2 Å². The predicted octanol–water partition coefficient (Wildman–Crippen LogP) is 3.65. The van der Waals surface area contributed by atoms with Crippen molar-refractivity contribution in [2.24, 2.45) is 0 Å². The molecule has 2 aromatic carbocycles. The van der Waals surface area contributed by atoms with Gasteiger partial charge in [-0.1, -0.05) is 12.1 Å². The maximum atomic E-state index is 13.9. The van der Waals surface area contributed by atoms with Gasteiger partial charge in [0.2, 0.25) is 5.95 Å². The Hall–Kier alpha value is -1.95. The highest BCUT2D eigenvalue weighted by Crippen LogP contribution is 2.28. The molecule has 2 N–H and O–H groups in total. The molecule has 3 aromatic rings. The average Bonchev–Trinajstić information content (AvgIpc) is 2.66. The summed E-state index contributed by atoms with van der Waals surface area (Å²) in [6, 6.07) is 8.99. The fourth-order valence-corrected chi connectivity index (χ4v) is 2.31. The molecule has 0 fully saturated rings. The van der Waals surface area contributed by atoms with Crippen LogP contribution in [-0.4, -0.2) is 9.55 Å². The zero-order valence-corrected chi connectivity index (χ0v) is 11.2. The van der Waals surface area contributed by atoms with Gasteiger partial charge in [0.1, 0.15) is 11.6 Å². The van der Waals surface area contributed by atoms with E-state index < -0.39 is 11.6 Å². The van der Waals surface area contributed by atoms with Gasteiger partial charge in [-0.15, -0.1) is 0 Å². The summed E-state index contributed by atoms with van der Waals surface area (Å²) in [5.41, 5.74) is 6.99. The van der Waals surface area contributed by atoms with E-state index in [0.717, 1.165) is 0 Å². The van der Waals surface area contributed by atoms with Gasteiger partial charge in [-0.3, -0.25) is 4.57 Å². The lowest BCUT2D eigenvalue weighted by Gasteiger charge is -2.07. The van der Waals surface area contributed by atoms with Crippen LogP contribution in [0, 0.1) is 11.6 Å². The fraction of sp³-hybridized carbons (Fsp3) is 0. The molecule has 3 rings (SSSR count). The number of halogens is 3. The number of nitrogens with two attached hydrogens (primary N) is 1. The quantitative estimate of drug-likeness (QED) is 0.742. The second-order valence-electron chi connectivity index (χ2n) is 4.01. The molecule has 0 bridgehead atoms. The summed E-state index contributed by atoms with van der Waals surface area (Å²) in [5.74, 6) is -0.753. The summed E-state index contributed by atoms with van der Waals surface area (Å²) in [4.78, 5) is 4.05. The second kappa shape index (κ2) is 4.31. The highest BCUT2D eigenvalue weighted by Gasteiger charge is 2.15. The molecule has 0 atom stereocenters. The van der Waals surface area contributed by atoms with Crippen LogP contribution in [0.1, 0.15) is 0 Å². The molecule has 1 aromatic heterocycles. The van der Waals surface area contributed by atoms with Crippen LogP contribution >= 0.6 is 15.9 Å². The number of nitrogens with zero attached hydrogens (tertiary/aromatic N) is 2. The molecular formula is C13H8BrF2N3. The predicted molar refractivity (Wildman–Crippen MR) is 73.1 cm³/mol. The third kappa shape index (κ3) is 1.88. The van der Waals surface area contributed by atoms with Crippen LogP contribution in [0.25, 0.3) is 16.7 Å². The molecule has 0 aliphatic rings. The van der Waals surface area contributed by atoms with Crippen molar-refractivity contribution in [2.75, 3.05) is 5.73 Å². The third-order valence-electron chi connectivity index (χ3n) is 2.82. The van der Waals surface area contributed by atoms with Crippen LogP contribution in [0.15, 0.2) is 40.9 Å². The minimum atomic E-state index is -0.439. The van der Waals surface area contributed by atoms with Crippen molar-refractivity contribution < 1.29 is 8.78 Å². The van der Waals surface area contributed by atoms with Gasteiger partial charge in [0.25, 0.3) is 0 Å². The molecule has 0 radical (unpaired) electrons. The molecular weight excluding hydrogens is 316 g/mol. The normalized spacial score (nSPS) is 11.1. The monoisotopic (exact) mass is 323 g/mol. The molecule has 6 heteroatoms. The van der Waals surface area contributed by atoms with Crippen molar-refractivity contribution in [3.63, 3.8) is 0 Å². The minimum absolute atomic E-state index is 0.109. The highest BCUT2D eigenvalue weighted by molar-refractivity contribution is 9.10. The van der Waals surface area contributed by atoms with Crippen LogP contribution in [0.5, 0.6) is 0 Å². The van der Waals surface area contributed by atoms with E-state index >= 15 is 0 Å². The lowest BCUT2D eigenvalue weighted by Crippen LogP contribution is -2.02. The van der Waals surface area contributed by atoms with Gasteiger partial charge >= 0.3 is 0 Å². The summed E-state index contributed by atoms with van der Waals surface area (Å²) in [6.45, 7) is 0. The number of nitrogen functional groups attached to an aromatic ring is 1. The molecule has 19 heavy (non-hydrogen) atoms. The molecule has 0 saturated heterocycles. The standard InChI is InChI=1S/C13H8BrF2N3/c14-7-5-12-10(6-9(7)16)18-13(17)19(12)11-4-2-1-3-8(11)15/h1-6H,(H2,17,18). The molecule has 0 amide bonds. The van der Waals surface area contributed by atoms with E-state index in [2.05, 4.69) is 20.9 Å². The van der Waals surface area contributed by atoms with E-state index in [-0.39, 0.29) is 16.1 Å². The number of benzene rings is 2. The number of hydrogen-bond acceptors (Lipinski definition) is 2. The zero-order chi connectivity index (χ0) is 13.6. The smallest absolute Gasteiger partial charge is 0.206 e. The van der Waals surface area contributed by atoms with E-state index in [9.17, 15) is 8.78 Å². The van der Waals surface area contributed by atoms with E-state index in [4.69, 9.17) is 5.73 Å². The molecule has 0 aliphatic carbocycles. The Labute approximate surface area is 115 Å². The largest absolute Gasteiger partial charge is 0.369 e. The first-order valence-corrected chi connectivity index (χ1v) is 6.25. The summed E-state index contributed by atoms with van der Waals surface area (Å²) in [7, 11) is 0. The van der Waals surface area contributed by atoms with Crippen LogP contribution < -0.4 is 5.73 Å². The number of aromatic nitrogens is 2. The topological polar surface area (TPSA) is 43.8 Å². The van der Waals surface area contributed by atoms with Gasteiger partial charge in [-0.25, -0.2) is 13.8 Å². The van der Waals surface area contributed by atoms with Crippen molar-refractivity contribution in [3.05, 3.63) is 52.5 Å². The Morgan fingerprint density at radius 1 is 1.11 bits per heavy atom. The van der Waals surface area contributed by atoms with E-state index in [1.165, 1.54) is 22.8 Å². The first-order valence-electron chi connectivity index (χ1n) is 5.46. The summed E-state index contributed by atoms with van der Waals surface area (Å²) >= 11 is 3.10. The SMILES string of the molecule is Nc1nc2cc(F)c(Br)cc2n1-c1ccccc1F. The van der Waals surface area contributed by atoms with Gasteiger partial charge in [-0.2, -0.15) is 0 Å². The Morgan fingerprint density at radius 2 is 1.84 bits per heavy atom. The van der Waals surface area contributed by atoms with Gasteiger partial charge < -0.3 is 5.73 Å². The van der Waals surface area contributed by atoms with Crippen molar-refractivity contribution in [1.29, 1.82) is 0 Å². The van der Waals surface area contributed by atoms with Crippen LogP contribution in [0.2, 0.25) is 0 Å². The van der Waals surface area contributed by atoms with Gasteiger partial charge in [-0.05, 0) is 34.1 Å². The number of imidazole rings is 1. The number of hydrogen-bond donors (Lipinski definition) is 1. The minimum Gasteiger partial charge on any atom is -0.369 e. The van der Waals surface area contributed by atoms with Crippen molar-refractivity contribution in [3.8, 4) is 5.69 Å². The zero-order valence-electron chi connectivity index (χ0n) is 9.57. The third-order valence-corrected chi connectivity index (χ3v) is 3.42. The Bertz CT molecular complexity index is 783. The summed E-state index contributed by atoms with van der Waals surface area (Å²) < 4.78 is 29.0. The maximum Gasteiger partial charge on any atom is 0.206 e. The molecule has 0 aliphatic heterocycles. The van der Waals surface area contributed by atoms with Crippen molar-refractivity contribution in [2.45, 2.75) is 0 Å². The number of fused-ring (bicyclic) bond motifs is 1. The summed E-state index contributed by atoms with van der Waals surface area (Å²) in [6.07, 6.45) is 0. The van der Waals surface area contributed by atoms with Crippen molar-refractivity contribution in [1.82, 2.24) is 9.55 Å². The number of anilines is 1. The van der Waals surface area contributed by atoms with E-state index in [0.29, 0.717) is 11.0 Å². The van der Waals surface area contributed by atoms with Crippen LogP contribution in [0.3, 0.4) is 0 Å². The number of rotatable bonds is 1. The lowest BCUT2D eigenvalue weighted by molar-refractivity contribution is 0.619. The average molecular weight is 324 g/mol. The molecule has 0 saturated carbocycles. The van der Waals surface area contributed by atoms with Crippen LogP contribution in [0.4, 0.5) is 14.7 Å². The Morgan fingerprint density at radius 3 is 2.58 bits per heavy atom. The Balaban J connectivity index is 2.38. The Kier molecular flexibility index (Phi) is 2.74. The first kappa shape index (κ1) is 12.1. The molecule has 1 heterocycles. The van der Waals surface area contributed by atoms with Gasteiger partial charge in [0.15, 0.2) is 0 Å². The van der Waals surface area contributed by atoms with Gasteiger partial charge in [0, 0.05) is 6.07 Å². The highest BCUT2D eigenvalue weighted by atomic mass is 79.9. The molecule has 96 valence electrons. The van der Waals surface area contributed by atoms with E-state index in [1.807, 2.05) is 0 Å². The van der Waals surface area contributed by atoms with Crippen molar-refractivity contribution >= 4 is 32.9 Å². The lowest BCUT2D eigenvalue weighted by atomic mass is 10.2. The number of para-hydroxylation sites is 1. The molecule has 3 nitrogen and oxygen atoms in total. The fourth-order valence-electron chi connectivity index (χ4n) is 1.98. The van der Waals surface area contributed by atoms with E-state index in [1.54, 1.807) is 18.2 Å². The second-order valence-corrected chi connectivity index (χ2v) is 4.87. The summed E-state index contributed by atoms with van der Waals surface area (Å²) in [5, 5.41) is 0. The molecule has 0 spiro atoms. The maximum absolute atomic E-state index is 13.9. The first-order chi connectivity index (χ1) is 9.08. The molecule has 0 unspecified atom stereocenters. The van der Waals surface area contributed by atoms with Crippen LogP contribution in [-0.2, 0) is 0 Å².